The van der Waals surface area contributed by atoms with Crippen LogP contribution in [0.3, 0.4) is 0 Å². The second-order valence-corrected chi connectivity index (χ2v) is 6.01. The lowest BCUT2D eigenvalue weighted by Gasteiger charge is -2.21. The van der Waals surface area contributed by atoms with Crippen molar-refractivity contribution in [1.82, 2.24) is 5.32 Å². The number of hydrogen-bond acceptors (Lipinski definition) is 2. The van der Waals surface area contributed by atoms with E-state index in [-0.39, 0.29) is 5.82 Å². The molecule has 1 heterocycles. The summed E-state index contributed by atoms with van der Waals surface area (Å²) in [6.45, 7) is 4.85. The summed E-state index contributed by atoms with van der Waals surface area (Å²) in [5.74, 6) is 0.461. The molecular formula is C15H21BrFNO. The number of ether oxygens (including phenoxy) is 1. The lowest BCUT2D eigenvalue weighted by molar-refractivity contribution is 0.181. The quantitative estimate of drug-likeness (QED) is 0.861. The normalized spacial score (nSPS) is 20.7. The second-order valence-electron chi connectivity index (χ2n) is 5.16. The van der Waals surface area contributed by atoms with Crippen LogP contribution in [0.4, 0.5) is 4.39 Å². The Bertz CT molecular complexity index is 407. The van der Waals surface area contributed by atoms with E-state index in [2.05, 4.69) is 28.2 Å². The van der Waals surface area contributed by atoms with Crippen molar-refractivity contribution in [3.05, 3.63) is 34.1 Å². The van der Waals surface area contributed by atoms with Gasteiger partial charge in [0.2, 0.25) is 0 Å². The maximum absolute atomic E-state index is 13.1. The zero-order valence-electron chi connectivity index (χ0n) is 11.3. The highest BCUT2D eigenvalue weighted by molar-refractivity contribution is 9.10. The van der Waals surface area contributed by atoms with E-state index < -0.39 is 0 Å². The minimum absolute atomic E-state index is 0.195. The van der Waals surface area contributed by atoms with E-state index in [1.807, 2.05) is 6.07 Å². The van der Waals surface area contributed by atoms with E-state index >= 15 is 0 Å². The van der Waals surface area contributed by atoms with Crippen molar-refractivity contribution in [1.29, 1.82) is 0 Å². The Labute approximate surface area is 122 Å². The SMILES string of the molecule is CCNC(Cc1ccc(F)cc1Br)CC1CCOC1. The van der Waals surface area contributed by atoms with Gasteiger partial charge >= 0.3 is 0 Å². The summed E-state index contributed by atoms with van der Waals surface area (Å²) >= 11 is 3.45. The Hall–Kier alpha value is -0.450. The molecule has 1 aliphatic heterocycles. The average molecular weight is 330 g/mol. The first kappa shape index (κ1) is 14.9. The van der Waals surface area contributed by atoms with E-state index in [1.165, 1.54) is 12.1 Å². The van der Waals surface area contributed by atoms with Crippen molar-refractivity contribution in [2.24, 2.45) is 5.92 Å². The largest absolute Gasteiger partial charge is 0.381 e. The summed E-state index contributed by atoms with van der Waals surface area (Å²) in [5.41, 5.74) is 1.16. The highest BCUT2D eigenvalue weighted by atomic mass is 79.9. The van der Waals surface area contributed by atoms with Gasteiger partial charge in [0.05, 0.1) is 0 Å². The second kappa shape index (κ2) is 7.36. The van der Waals surface area contributed by atoms with E-state index in [0.29, 0.717) is 12.0 Å². The molecule has 0 aromatic heterocycles. The van der Waals surface area contributed by atoms with Crippen LogP contribution in [0.25, 0.3) is 0 Å². The van der Waals surface area contributed by atoms with Crippen molar-refractivity contribution in [3.8, 4) is 0 Å². The van der Waals surface area contributed by atoms with Gasteiger partial charge in [-0.3, -0.25) is 0 Å². The van der Waals surface area contributed by atoms with Gasteiger partial charge in [0.1, 0.15) is 5.82 Å². The number of halogens is 2. The Morgan fingerprint density at radius 3 is 3.00 bits per heavy atom. The topological polar surface area (TPSA) is 21.3 Å². The first-order valence-electron chi connectivity index (χ1n) is 6.94. The molecule has 2 rings (SSSR count). The van der Waals surface area contributed by atoms with Gasteiger partial charge in [0.15, 0.2) is 0 Å². The fourth-order valence-corrected chi connectivity index (χ4v) is 3.16. The minimum atomic E-state index is -0.195. The van der Waals surface area contributed by atoms with Crippen LogP contribution >= 0.6 is 15.9 Å². The molecule has 1 aromatic rings. The van der Waals surface area contributed by atoms with Crippen LogP contribution in [0.5, 0.6) is 0 Å². The fraction of sp³-hybridized carbons (Fsp3) is 0.600. The van der Waals surface area contributed by atoms with Crippen LogP contribution in [-0.2, 0) is 11.2 Å². The van der Waals surface area contributed by atoms with E-state index in [4.69, 9.17) is 4.74 Å². The number of nitrogens with one attached hydrogen (secondary N) is 1. The number of hydrogen-bond donors (Lipinski definition) is 1. The molecule has 4 heteroatoms. The summed E-state index contributed by atoms with van der Waals surface area (Å²) in [4.78, 5) is 0. The molecule has 0 radical (unpaired) electrons. The van der Waals surface area contributed by atoms with Gasteiger partial charge in [0.25, 0.3) is 0 Å². The Balaban J connectivity index is 1.98. The van der Waals surface area contributed by atoms with Gasteiger partial charge in [0, 0.05) is 23.7 Å². The minimum Gasteiger partial charge on any atom is -0.381 e. The van der Waals surface area contributed by atoms with Gasteiger partial charge in [-0.25, -0.2) is 4.39 Å². The number of rotatable bonds is 6. The van der Waals surface area contributed by atoms with Crippen molar-refractivity contribution in [2.45, 2.75) is 32.2 Å². The molecule has 1 saturated heterocycles. The zero-order valence-corrected chi connectivity index (χ0v) is 12.9. The zero-order chi connectivity index (χ0) is 13.7. The van der Waals surface area contributed by atoms with Gasteiger partial charge in [-0.2, -0.15) is 0 Å². The van der Waals surface area contributed by atoms with Crippen molar-refractivity contribution in [3.63, 3.8) is 0 Å². The van der Waals surface area contributed by atoms with Gasteiger partial charge in [-0.15, -0.1) is 0 Å². The van der Waals surface area contributed by atoms with E-state index in [1.54, 1.807) is 0 Å². The van der Waals surface area contributed by atoms with Crippen LogP contribution in [0.2, 0.25) is 0 Å². The van der Waals surface area contributed by atoms with Crippen molar-refractivity contribution >= 4 is 15.9 Å². The standard InChI is InChI=1S/C15H21BrFNO/c1-2-18-14(7-11-5-6-19-10-11)8-12-3-4-13(17)9-15(12)16/h3-4,9,11,14,18H,2,5-8,10H2,1H3. The third-order valence-corrected chi connectivity index (χ3v) is 4.35. The fourth-order valence-electron chi connectivity index (χ4n) is 2.65. The van der Waals surface area contributed by atoms with Crippen molar-refractivity contribution in [2.75, 3.05) is 19.8 Å². The molecule has 1 aliphatic rings. The smallest absolute Gasteiger partial charge is 0.124 e. The van der Waals surface area contributed by atoms with Gasteiger partial charge in [-0.1, -0.05) is 28.9 Å². The van der Waals surface area contributed by atoms with Crippen LogP contribution in [0.1, 0.15) is 25.3 Å². The first-order valence-corrected chi connectivity index (χ1v) is 7.73. The Kier molecular flexibility index (Phi) is 5.79. The molecule has 2 unspecified atom stereocenters. The average Bonchev–Trinajstić information content (AvgIpc) is 2.86. The van der Waals surface area contributed by atoms with E-state index in [0.717, 1.165) is 49.1 Å². The molecule has 2 nitrogen and oxygen atoms in total. The maximum Gasteiger partial charge on any atom is 0.124 e. The molecule has 2 atom stereocenters. The predicted molar refractivity (Wildman–Crippen MR) is 78.8 cm³/mol. The molecule has 1 aromatic carbocycles. The van der Waals surface area contributed by atoms with Crippen LogP contribution in [0.15, 0.2) is 22.7 Å². The molecule has 19 heavy (non-hydrogen) atoms. The predicted octanol–water partition coefficient (Wildman–Crippen LogP) is 3.54. The van der Waals surface area contributed by atoms with Crippen molar-refractivity contribution < 1.29 is 9.13 Å². The van der Waals surface area contributed by atoms with E-state index in [9.17, 15) is 4.39 Å². The lowest BCUT2D eigenvalue weighted by Crippen LogP contribution is -2.33. The van der Waals surface area contributed by atoms with Gasteiger partial charge in [-0.05, 0) is 49.4 Å². The molecule has 1 fully saturated rings. The molecule has 1 N–H and O–H groups in total. The summed E-state index contributed by atoms with van der Waals surface area (Å²) in [6, 6.07) is 5.37. The summed E-state index contributed by atoms with van der Waals surface area (Å²) in [6.07, 6.45) is 3.20. The number of benzene rings is 1. The monoisotopic (exact) mass is 329 g/mol. The summed E-state index contributed by atoms with van der Waals surface area (Å²) in [7, 11) is 0. The molecule has 0 aliphatic carbocycles. The van der Waals surface area contributed by atoms with Crippen LogP contribution in [-0.4, -0.2) is 25.8 Å². The summed E-state index contributed by atoms with van der Waals surface area (Å²) in [5, 5.41) is 3.53. The lowest BCUT2D eigenvalue weighted by atomic mass is 9.94. The number of likely N-dealkylation sites (N-methyl/N-ethyl adjacent to an activating group) is 1. The Morgan fingerprint density at radius 2 is 2.37 bits per heavy atom. The molecule has 106 valence electrons. The third kappa shape index (κ3) is 4.55. The highest BCUT2D eigenvalue weighted by Crippen LogP contribution is 2.23. The molecule has 0 saturated carbocycles. The van der Waals surface area contributed by atoms with Gasteiger partial charge < -0.3 is 10.1 Å². The first-order chi connectivity index (χ1) is 9.19. The summed E-state index contributed by atoms with van der Waals surface area (Å²) < 4.78 is 19.4. The highest BCUT2D eigenvalue weighted by Gasteiger charge is 2.21. The molecular weight excluding hydrogens is 309 g/mol. The molecule has 0 amide bonds. The maximum atomic E-state index is 13.1. The third-order valence-electron chi connectivity index (χ3n) is 3.62. The molecule has 0 spiro atoms. The van der Waals surface area contributed by atoms with Crippen LogP contribution < -0.4 is 5.32 Å². The Morgan fingerprint density at radius 1 is 1.53 bits per heavy atom. The van der Waals surface area contributed by atoms with Crippen LogP contribution in [0, 0.1) is 11.7 Å². The molecule has 0 bridgehead atoms.